The second kappa shape index (κ2) is 6.69. The van der Waals surface area contributed by atoms with Crippen LogP contribution in [-0.2, 0) is 16.1 Å². The summed E-state index contributed by atoms with van der Waals surface area (Å²) in [5.74, 6) is -3.27. The highest BCUT2D eigenvalue weighted by Gasteiger charge is 2.40. The average molecular weight is 370 g/mol. The lowest BCUT2D eigenvalue weighted by Gasteiger charge is -2.35. The highest BCUT2D eigenvalue weighted by molar-refractivity contribution is 6.09. The number of nitrogens with zero attached hydrogens (tertiary/aromatic N) is 1. The Hall–Kier alpha value is -2.46. The molecule has 0 radical (unpaired) electrons. The lowest BCUT2D eigenvalue weighted by molar-refractivity contribution is -0.171. The molecule has 0 saturated carbocycles. The molecular formula is C16H17F3N4O3. The number of hydrogen-bond donors (Lipinski definition) is 3. The van der Waals surface area contributed by atoms with Crippen LogP contribution in [0.5, 0.6) is 0 Å². The van der Waals surface area contributed by atoms with Gasteiger partial charge in [0.15, 0.2) is 0 Å². The van der Waals surface area contributed by atoms with E-state index in [0.717, 1.165) is 0 Å². The normalized spacial score (nSPS) is 22.9. The Bertz CT molecular complexity index is 766. The molecule has 10 heteroatoms. The van der Waals surface area contributed by atoms with Gasteiger partial charge in [-0.05, 0) is 18.1 Å². The standard InChI is InChI=1S/C16H17F3N4O3/c17-16(18,19)15(25)22-13(21)8-1-2-9-6-23(14(24)10(9)5-8)12-7-26-4-3-11(12)20/h1-2,5,11-12H,3-4,6-7,20H2,(H2,21,22,25)/t11-,12?/m1/s1. The number of rotatable bonds is 2. The molecule has 1 fully saturated rings. The lowest BCUT2D eigenvalue weighted by atomic mass is 10.0. The number of ether oxygens (including phenoxy) is 1. The number of alkyl halides is 3. The average Bonchev–Trinajstić information content (AvgIpc) is 2.90. The van der Waals surface area contributed by atoms with Gasteiger partial charge in [-0.15, -0.1) is 0 Å². The molecule has 2 atom stereocenters. The second-order valence-corrected chi connectivity index (χ2v) is 6.23. The Morgan fingerprint density at radius 3 is 2.77 bits per heavy atom. The summed E-state index contributed by atoms with van der Waals surface area (Å²) in [6.07, 6.45) is -4.46. The Kier molecular flexibility index (Phi) is 4.72. The third kappa shape index (κ3) is 3.42. The van der Waals surface area contributed by atoms with Crippen molar-refractivity contribution in [3.05, 3.63) is 34.9 Å². The van der Waals surface area contributed by atoms with Gasteiger partial charge in [-0.3, -0.25) is 15.0 Å². The summed E-state index contributed by atoms with van der Waals surface area (Å²) in [6, 6.07) is 3.77. The molecule has 0 aromatic heterocycles. The lowest BCUT2D eigenvalue weighted by Crippen LogP contribution is -2.53. The van der Waals surface area contributed by atoms with E-state index in [1.54, 1.807) is 11.0 Å². The van der Waals surface area contributed by atoms with Crippen LogP contribution in [0.15, 0.2) is 18.2 Å². The zero-order chi connectivity index (χ0) is 19.1. The maximum atomic E-state index is 12.7. The first-order valence-electron chi connectivity index (χ1n) is 7.93. The molecule has 2 amide bonds. The molecule has 1 unspecified atom stereocenters. The molecule has 2 aliphatic heterocycles. The van der Waals surface area contributed by atoms with Gasteiger partial charge < -0.3 is 20.7 Å². The number of carbonyl (C=O) groups excluding carboxylic acids is 2. The quantitative estimate of drug-likeness (QED) is 0.528. The predicted molar refractivity (Wildman–Crippen MR) is 84.5 cm³/mol. The van der Waals surface area contributed by atoms with Gasteiger partial charge in [-0.1, -0.05) is 12.1 Å². The third-order valence-electron chi connectivity index (χ3n) is 4.51. The molecule has 0 bridgehead atoms. The maximum absolute atomic E-state index is 12.7. The van der Waals surface area contributed by atoms with Crippen LogP contribution in [-0.4, -0.2) is 54.0 Å². The Morgan fingerprint density at radius 1 is 1.38 bits per heavy atom. The van der Waals surface area contributed by atoms with Crippen LogP contribution in [0.4, 0.5) is 13.2 Å². The largest absolute Gasteiger partial charge is 0.471 e. The SMILES string of the molecule is N=C(NC(=O)C(F)(F)F)c1ccc2c(c1)C(=O)N(C1COCC[C@H]1N)C2. The van der Waals surface area contributed by atoms with Crippen molar-refractivity contribution in [2.75, 3.05) is 13.2 Å². The van der Waals surface area contributed by atoms with Crippen LogP contribution in [0.25, 0.3) is 0 Å². The van der Waals surface area contributed by atoms with E-state index < -0.39 is 17.9 Å². The molecule has 140 valence electrons. The number of hydrogen-bond acceptors (Lipinski definition) is 5. The van der Waals surface area contributed by atoms with Crippen LogP contribution in [0, 0.1) is 5.41 Å². The number of fused-ring (bicyclic) bond motifs is 1. The molecule has 7 nitrogen and oxygen atoms in total. The molecular weight excluding hydrogens is 353 g/mol. The van der Waals surface area contributed by atoms with Crippen molar-refractivity contribution in [3.63, 3.8) is 0 Å². The molecule has 1 aromatic rings. The van der Waals surface area contributed by atoms with Crippen molar-refractivity contribution in [3.8, 4) is 0 Å². The topological polar surface area (TPSA) is 109 Å². The van der Waals surface area contributed by atoms with E-state index in [9.17, 15) is 22.8 Å². The summed E-state index contributed by atoms with van der Waals surface area (Å²) in [5.41, 5.74) is 7.05. The monoisotopic (exact) mass is 370 g/mol. The van der Waals surface area contributed by atoms with E-state index in [4.69, 9.17) is 15.9 Å². The smallest absolute Gasteiger partial charge is 0.379 e. The number of amidine groups is 1. The molecule has 4 N–H and O–H groups in total. The van der Waals surface area contributed by atoms with Gasteiger partial charge in [0, 0.05) is 30.3 Å². The van der Waals surface area contributed by atoms with Gasteiger partial charge >= 0.3 is 12.1 Å². The van der Waals surface area contributed by atoms with Gasteiger partial charge in [-0.25, -0.2) is 0 Å². The van der Waals surface area contributed by atoms with Crippen LogP contribution in [0.2, 0.25) is 0 Å². The number of halogens is 3. The highest BCUT2D eigenvalue weighted by atomic mass is 19.4. The van der Waals surface area contributed by atoms with Crippen LogP contribution < -0.4 is 11.1 Å². The molecule has 0 spiro atoms. The zero-order valence-electron chi connectivity index (χ0n) is 13.6. The van der Waals surface area contributed by atoms with Gasteiger partial charge in [0.05, 0.1) is 12.6 Å². The first kappa shape index (κ1) is 18.3. The minimum atomic E-state index is -5.09. The van der Waals surface area contributed by atoms with Gasteiger partial charge in [0.1, 0.15) is 5.84 Å². The maximum Gasteiger partial charge on any atom is 0.471 e. The van der Waals surface area contributed by atoms with Crippen LogP contribution >= 0.6 is 0 Å². The molecule has 1 aromatic carbocycles. The van der Waals surface area contributed by atoms with Crippen molar-refractivity contribution in [2.45, 2.75) is 31.2 Å². The first-order valence-corrected chi connectivity index (χ1v) is 7.93. The van der Waals surface area contributed by atoms with E-state index in [1.165, 1.54) is 17.4 Å². The number of carbonyl (C=O) groups is 2. The minimum absolute atomic E-state index is 0.0146. The van der Waals surface area contributed by atoms with Gasteiger partial charge in [-0.2, -0.15) is 13.2 Å². The number of nitrogens with one attached hydrogen (secondary N) is 2. The Morgan fingerprint density at radius 2 is 2.12 bits per heavy atom. The summed E-state index contributed by atoms with van der Waals surface area (Å²) >= 11 is 0. The fraction of sp³-hybridized carbons (Fsp3) is 0.438. The number of nitrogens with two attached hydrogens (primary N) is 1. The van der Waals surface area contributed by atoms with Crippen molar-refractivity contribution >= 4 is 17.6 Å². The van der Waals surface area contributed by atoms with Gasteiger partial charge in [0.25, 0.3) is 5.91 Å². The fourth-order valence-corrected chi connectivity index (χ4v) is 3.06. The van der Waals surface area contributed by atoms with E-state index in [0.29, 0.717) is 31.7 Å². The molecule has 1 saturated heterocycles. The van der Waals surface area contributed by atoms with Gasteiger partial charge in [0.2, 0.25) is 0 Å². The summed E-state index contributed by atoms with van der Waals surface area (Å²) in [5, 5.41) is 9.13. The third-order valence-corrected chi connectivity index (χ3v) is 4.51. The van der Waals surface area contributed by atoms with Crippen LogP contribution in [0.1, 0.15) is 27.9 Å². The molecule has 2 aliphatic rings. The van der Waals surface area contributed by atoms with Crippen LogP contribution in [0.3, 0.4) is 0 Å². The summed E-state index contributed by atoms with van der Waals surface area (Å²) in [4.78, 5) is 25.2. The Labute approximate surface area is 146 Å². The Balaban J connectivity index is 1.78. The minimum Gasteiger partial charge on any atom is -0.379 e. The zero-order valence-corrected chi connectivity index (χ0v) is 13.6. The first-order chi connectivity index (χ1) is 12.2. The molecule has 3 rings (SSSR count). The summed E-state index contributed by atoms with van der Waals surface area (Å²) in [6.45, 7) is 1.18. The molecule has 2 heterocycles. The predicted octanol–water partition coefficient (Wildman–Crippen LogP) is 0.762. The second-order valence-electron chi connectivity index (χ2n) is 6.23. The molecule has 0 aliphatic carbocycles. The number of amides is 2. The van der Waals surface area contributed by atoms with Crippen molar-refractivity contribution < 1.29 is 27.5 Å². The molecule has 26 heavy (non-hydrogen) atoms. The summed E-state index contributed by atoms with van der Waals surface area (Å²) in [7, 11) is 0. The highest BCUT2D eigenvalue weighted by Crippen LogP contribution is 2.28. The summed E-state index contributed by atoms with van der Waals surface area (Å²) < 4.78 is 42.3. The fourth-order valence-electron chi connectivity index (χ4n) is 3.06. The van der Waals surface area contributed by atoms with Crippen molar-refractivity contribution in [2.24, 2.45) is 5.73 Å². The van der Waals surface area contributed by atoms with Crippen molar-refractivity contribution in [1.82, 2.24) is 10.2 Å². The number of benzene rings is 1. The van der Waals surface area contributed by atoms with Crippen molar-refractivity contribution in [1.29, 1.82) is 5.41 Å². The van der Waals surface area contributed by atoms with E-state index in [2.05, 4.69) is 0 Å². The van der Waals surface area contributed by atoms with E-state index in [1.807, 2.05) is 0 Å². The van der Waals surface area contributed by atoms with E-state index >= 15 is 0 Å². The van der Waals surface area contributed by atoms with E-state index in [-0.39, 0.29) is 29.1 Å².